The Morgan fingerprint density at radius 1 is 0.568 bits per heavy atom. The van der Waals surface area contributed by atoms with E-state index in [2.05, 4.69) is 42.5 Å². The summed E-state index contributed by atoms with van der Waals surface area (Å²) < 4.78 is 68.0. The van der Waals surface area contributed by atoms with Gasteiger partial charge in [-0.25, -0.2) is 0 Å². The van der Waals surface area contributed by atoms with Gasteiger partial charge in [0.1, 0.15) is 79.1 Å². The van der Waals surface area contributed by atoms with E-state index in [-0.39, 0.29) is 124 Å². The van der Waals surface area contributed by atoms with E-state index in [4.69, 9.17) is 47.2 Å². The third-order valence-electron chi connectivity index (χ3n) is 15.4. The normalized spacial score (nSPS) is 26.4. The second-order valence-electron chi connectivity index (χ2n) is 23.8. The summed E-state index contributed by atoms with van der Waals surface area (Å²) in [5.41, 5.74) is 0. The fourth-order valence-corrected chi connectivity index (χ4v) is 10.8. The monoisotopic (exact) mass is 1390 g/mol. The second kappa shape index (κ2) is 43.6. The Balaban J connectivity index is 1.68. The lowest BCUT2D eigenvalue weighted by molar-refractivity contribution is -0.272. The molecule has 0 spiro atoms. The summed E-state index contributed by atoms with van der Waals surface area (Å²) in [5.74, 6) is -5.76. The molecule has 3 fully saturated rings. The molecular formula is C57H103N8O29P. The quantitative estimate of drug-likeness (QED) is 0.0153. The third kappa shape index (κ3) is 29.7. The number of amides is 8. The molecule has 3 aliphatic rings. The second-order valence-corrected chi connectivity index (χ2v) is 26.4. The van der Waals surface area contributed by atoms with Gasteiger partial charge in [-0.15, -0.1) is 0 Å². The number of ether oxygens (including phenoxy) is 9. The summed E-state index contributed by atoms with van der Waals surface area (Å²) in [6.07, 6.45) is -18.2. The highest BCUT2D eigenvalue weighted by Crippen LogP contribution is 2.57. The minimum atomic E-state index is -4.03. The summed E-state index contributed by atoms with van der Waals surface area (Å²) >= 11 is 0. The van der Waals surface area contributed by atoms with Crippen LogP contribution in [0.4, 0.5) is 0 Å². The average molecular weight is 1400 g/mol. The standard InChI is InChI=1S/C57H103N8O29P/c1-31(69)61-43-48(77)46(75)39(29-67)92-55(43)90-26-23-86-19-16-58-41(72)14-12-36(52(81)59-17-21-88-24-27-91-56-44(62-32(2)70)49(78)47(76)40(30-68)93-56)64-42(73)15-13-37(65-51(80)34-8-10-35(11-9-34)94-95(83,84)57(4,5)6)53(82)60-18-20-87-22-25-89-54(63-33(3)71)50(79)45(74)38(28-66)85-7/h34-40,43-50,54-56,66-68,74-79H,8-30H2,1-7H3,(H,58,72)(H,59,81)(H,60,82)(H,61,69)(H,62,70)(H,63,71)(H,64,73)(H,65,80)(H,83,84). The molecule has 1 saturated carbocycles. The summed E-state index contributed by atoms with van der Waals surface area (Å²) in [7, 11) is -2.83. The molecule has 0 aromatic rings. The largest absolute Gasteiger partial charge is 0.394 e. The first-order chi connectivity index (χ1) is 44.9. The van der Waals surface area contributed by atoms with E-state index in [1.54, 1.807) is 20.8 Å². The molecule has 0 aromatic carbocycles. The Bertz CT molecular complexity index is 2390. The number of carbonyl (C=O) groups is 8. The van der Waals surface area contributed by atoms with Crippen LogP contribution in [0.15, 0.2) is 0 Å². The summed E-state index contributed by atoms with van der Waals surface area (Å²) in [5, 5.41) is 111. The van der Waals surface area contributed by atoms with Crippen LogP contribution in [0.5, 0.6) is 0 Å². The van der Waals surface area contributed by atoms with Gasteiger partial charge in [-0.2, -0.15) is 0 Å². The van der Waals surface area contributed by atoms with Crippen LogP contribution in [0, 0.1) is 5.92 Å². The van der Waals surface area contributed by atoms with Crippen molar-refractivity contribution in [3.63, 3.8) is 0 Å². The average Bonchev–Trinajstić information content (AvgIpc) is 0.831. The zero-order valence-corrected chi connectivity index (χ0v) is 55.7. The smallest absolute Gasteiger partial charge is 0.333 e. The van der Waals surface area contributed by atoms with E-state index in [1.165, 1.54) is 21.0 Å². The van der Waals surface area contributed by atoms with Crippen LogP contribution in [0.1, 0.15) is 92.9 Å². The maximum atomic E-state index is 13.8. The van der Waals surface area contributed by atoms with Gasteiger partial charge in [-0.05, 0) is 59.3 Å². The molecule has 8 amide bonds. The highest BCUT2D eigenvalue weighted by atomic mass is 31.2. The highest BCUT2D eigenvalue weighted by molar-refractivity contribution is 7.54. The minimum absolute atomic E-state index is 0.0346. The fourth-order valence-electron chi connectivity index (χ4n) is 9.88. The summed E-state index contributed by atoms with van der Waals surface area (Å²) in [6.45, 7) is 4.73. The van der Waals surface area contributed by atoms with Crippen LogP contribution < -0.4 is 42.5 Å². The third-order valence-corrected chi connectivity index (χ3v) is 17.6. The van der Waals surface area contributed by atoms with Crippen molar-refractivity contribution in [1.29, 1.82) is 0 Å². The molecule has 1 aliphatic carbocycles. The van der Waals surface area contributed by atoms with Gasteiger partial charge in [-0.3, -0.25) is 42.9 Å². The Hall–Kier alpha value is -4.81. The number of aliphatic hydroxyl groups excluding tert-OH is 9. The predicted molar refractivity (Wildman–Crippen MR) is 326 cm³/mol. The van der Waals surface area contributed by atoms with Crippen molar-refractivity contribution in [3.05, 3.63) is 0 Å². The molecular weight excluding hydrogens is 1290 g/mol. The molecule has 18 N–H and O–H groups in total. The molecule has 17 unspecified atom stereocenters. The topological polar surface area (TPSA) is 544 Å². The zero-order chi connectivity index (χ0) is 71.0. The van der Waals surface area contributed by atoms with Gasteiger partial charge >= 0.3 is 7.60 Å². The first-order valence-corrected chi connectivity index (χ1v) is 33.0. The number of nitrogens with one attached hydrogen (secondary N) is 8. The van der Waals surface area contributed by atoms with Gasteiger partial charge in [-0.1, -0.05) is 0 Å². The lowest BCUT2D eigenvalue weighted by Gasteiger charge is -2.42. The van der Waals surface area contributed by atoms with Crippen molar-refractivity contribution in [3.8, 4) is 0 Å². The van der Waals surface area contributed by atoms with Crippen LogP contribution in [-0.4, -0.2) is 313 Å². The fraction of sp³-hybridized carbons (Fsp3) is 0.860. The number of methoxy groups -OCH3 is 1. The number of hydrogen-bond donors (Lipinski definition) is 18. The Kier molecular flexibility index (Phi) is 38.7. The van der Waals surface area contributed by atoms with Crippen LogP contribution >= 0.6 is 7.60 Å². The minimum Gasteiger partial charge on any atom is -0.394 e. The zero-order valence-electron chi connectivity index (χ0n) is 54.8. The van der Waals surface area contributed by atoms with Crippen LogP contribution in [0.3, 0.4) is 0 Å². The molecule has 3 rings (SSSR count). The molecule has 95 heavy (non-hydrogen) atoms. The maximum absolute atomic E-state index is 13.8. The summed E-state index contributed by atoms with van der Waals surface area (Å²) in [4.78, 5) is 114. The lowest BCUT2D eigenvalue weighted by Crippen LogP contribution is -2.64. The van der Waals surface area contributed by atoms with Crippen LogP contribution in [0.2, 0.25) is 0 Å². The van der Waals surface area contributed by atoms with Crippen molar-refractivity contribution in [2.45, 2.75) is 202 Å². The highest BCUT2D eigenvalue weighted by Gasteiger charge is 2.47. The van der Waals surface area contributed by atoms with Gasteiger partial charge in [0.25, 0.3) is 0 Å². The van der Waals surface area contributed by atoms with Crippen molar-refractivity contribution < 1.29 is 141 Å². The van der Waals surface area contributed by atoms with Gasteiger partial charge in [0.05, 0.1) is 90.5 Å². The summed E-state index contributed by atoms with van der Waals surface area (Å²) in [6, 6.07) is -5.10. The molecule has 0 aromatic heterocycles. The molecule has 38 heteroatoms. The van der Waals surface area contributed by atoms with Crippen LogP contribution in [0.25, 0.3) is 0 Å². The molecule has 0 bridgehead atoms. The molecule has 2 heterocycles. The Labute approximate surface area is 550 Å². The van der Waals surface area contributed by atoms with E-state index >= 15 is 0 Å². The van der Waals surface area contributed by atoms with Gasteiger partial charge in [0.15, 0.2) is 18.8 Å². The van der Waals surface area contributed by atoms with Crippen LogP contribution in [-0.2, 0) is 90.1 Å². The van der Waals surface area contributed by atoms with Crippen molar-refractivity contribution in [2.24, 2.45) is 5.92 Å². The van der Waals surface area contributed by atoms with Gasteiger partial charge in [0, 0.05) is 66.3 Å². The first-order valence-electron chi connectivity index (χ1n) is 31.5. The van der Waals surface area contributed by atoms with Gasteiger partial charge in [0.2, 0.25) is 47.3 Å². The van der Waals surface area contributed by atoms with E-state index < -0.39 is 196 Å². The number of rotatable bonds is 44. The van der Waals surface area contributed by atoms with Crippen molar-refractivity contribution in [1.82, 2.24) is 42.5 Å². The van der Waals surface area contributed by atoms with Crippen molar-refractivity contribution >= 4 is 54.9 Å². The van der Waals surface area contributed by atoms with E-state index in [9.17, 15) is 93.8 Å². The first kappa shape index (κ1) is 84.4. The molecule has 37 nitrogen and oxygen atoms in total. The number of aliphatic hydroxyl groups is 9. The van der Waals surface area contributed by atoms with E-state index in [1.807, 2.05) is 0 Å². The number of carbonyl (C=O) groups excluding carboxylic acids is 8. The molecule has 17 atom stereocenters. The number of hydrogen-bond acceptors (Lipinski definition) is 28. The van der Waals surface area contributed by atoms with Gasteiger partial charge < -0.3 is 141 Å². The Morgan fingerprint density at radius 3 is 1.45 bits per heavy atom. The molecule has 2 saturated heterocycles. The SMILES string of the molecule is COC(CO)C(O)C(O)C(NC(C)=O)OCCOCCNC(=O)C(CCC(=O)NC(CCC(=O)NCCOCCOC1OC(CO)C(O)C(O)C1NC(C)=O)C(=O)NCCOCCOC1OC(CO)C(O)C(O)C1NC(C)=O)NC(=O)C1CCC(OP(=O)(O)C(C)(C)C)CC1. The lowest BCUT2D eigenvalue weighted by atomic mass is 9.86. The van der Waals surface area contributed by atoms with E-state index in [0.29, 0.717) is 0 Å². The molecule has 0 radical (unpaired) electrons. The predicted octanol–water partition coefficient (Wildman–Crippen LogP) is -7.40. The Morgan fingerprint density at radius 2 is 1.02 bits per heavy atom. The van der Waals surface area contributed by atoms with Crippen molar-refractivity contribution in [2.75, 3.05) is 106 Å². The molecule has 550 valence electrons. The molecule has 2 aliphatic heterocycles. The maximum Gasteiger partial charge on any atom is 0.333 e. The van der Waals surface area contributed by atoms with E-state index in [0.717, 1.165) is 6.92 Å².